The summed E-state index contributed by atoms with van der Waals surface area (Å²) in [4.78, 5) is 15.1. The Morgan fingerprint density at radius 1 is 1.21 bits per heavy atom. The molecule has 0 spiro atoms. The molecule has 5 heteroatoms. The Morgan fingerprint density at radius 2 is 1.95 bits per heavy atom. The Balaban J connectivity index is 2.72. The fourth-order valence-corrected chi connectivity index (χ4v) is 1.94. The lowest BCUT2D eigenvalue weighted by molar-refractivity contribution is -0.384. The molecule has 0 aliphatic heterocycles. The van der Waals surface area contributed by atoms with Gasteiger partial charge in [-0.2, -0.15) is 0 Å². The number of benzene rings is 1. The molecule has 0 bridgehead atoms. The number of nitrogens with one attached hydrogen (secondary N) is 1. The molecular weight excluding hydrogens is 242 g/mol. The number of nitrogens with zero attached hydrogens (tertiary/aromatic N) is 2. The number of nitro groups is 1. The molecule has 0 atom stereocenters. The molecule has 2 aromatic rings. The van der Waals surface area contributed by atoms with Gasteiger partial charge in [-0.3, -0.25) is 10.1 Å². The van der Waals surface area contributed by atoms with Crippen LogP contribution in [0, 0.1) is 24.0 Å². The lowest BCUT2D eigenvalue weighted by Crippen LogP contribution is -2.00. The van der Waals surface area contributed by atoms with Crippen LogP contribution in [-0.2, 0) is 0 Å². The largest absolute Gasteiger partial charge is 0.373 e. The Labute approximate surface area is 111 Å². The molecule has 0 saturated heterocycles. The van der Waals surface area contributed by atoms with Gasteiger partial charge in [0.25, 0.3) is 5.69 Å². The summed E-state index contributed by atoms with van der Waals surface area (Å²) in [6.07, 6.45) is 0. The zero-order valence-corrected chi connectivity index (χ0v) is 11.1. The highest BCUT2D eigenvalue weighted by atomic mass is 16.6. The molecule has 1 heterocycles. The summed E-state index contributed by atoms with van der Waals surface area (Å²) in [5.41, 5.74) is 3.31. The molecule has 5 nitrogen and oxygen atoms in total. The molecule has 0 amide bonds. The molecule has 1 aromatic heterocycles. The minimum Gasteiger partial charge on any atom is -0.373 e. The molecule has 2 rings (SSSR count). The van der Waals surface area contributed by atoms with Crippen LogP contribution in [0.25, 0.3) is 11.3 Å². The van der Waals surface area contributed by atoms with Gasteiger partial charge in [0.2, 0.25) is 0 Å². The zero-order valence-electron chi connectivity index (χ0n) is 11.1. The van der Waals surface area contributed by atoms with Crippen molar-refractivity contribution in [3.05, 3.63) is 51.6 Å². The van der Waals surface area contributed by atoms with Crippen LogP contribution in [0.1, 0.15) is 11.1 Å². The van der Waals surface area contributed by atoms with E-state index in [1.807, 2.05) is 32.0 Å². The SMILES string of the molecule is CNc1ccc([N+](=O)[O-])c(-c2cccc(C)c2C)n1. The van der Waals surface area contributed by atoms with E-state index in [9.17, 15) is 10.1 Å². The lowest BCUT2D eigenvalue weighted by atomic mass is 9.99. The summed E-state index contributed by atoms with van der Waals surface area (Å²) >= 11 is 0. The Hall–Kier alpha value is -2.43. The van der Waals surface area contributed by atoms with Gasteiger partial charge in [0.1, 0.15) is 5.82 Å². The summed E-state index contributed by atoms with van der Waals surface area (Å²) < 4.78 is 0. The summed E-state index contributed by atoms with van der Waals surface area (Å²) in [5.74, 6) is 0.613. The summed E-state index contributed by atoms with van der Waals surface area (Å²) in [7, 11) is 1.74. The van der Waals surface area contributed by atoms with Gasteiger partial charge in [-0.25, -0.2) is 4.98 Å². The van der Waals surface area contributed by atoms with Crippen molar-refractivity contribution < 1.29 is 4.92 Å². The highest BCUT2D eigenvalue weighted by molar-refractivity contribution is 5.74. The van der Waals surface area contributed by atoms with Gasteiger partial charge in [0.15, 0.2) is 5.69 Å². The third kappa shape index (κ3) is 2.40. The quantitative estimate of drug-likeness (QED) is 0.676. The Kier molecular flexibility index (Phi) is 3.46. The highest BCUT2D eigenvalue weighted by Crippen LogP contribution is 2.32. The molecule has 0 saturated carbocycles. The summed E-state index contributed by atoms with van der Waals surface area (Å²) in [6.45, 7) is 3.93. The second-order valence-electron chi connectivity index (χ2n) is 4.32. The van der Waals surface area contributed by atoms with Gasteiger partial charge >= 0.3 is 0 Å². The van der Waals surface area contributed by atoms with E-state index in [2.05, 4.69) is 10.3 Å². The smallest absolute Gasteiger partial charge is 0.295 e. The first-order valence-corrected chi connectivity index (χ1v) is 5.94. The van der Waals surface area contributed by atoms with Gasteiger partial charge < -0.3 is 5.32 Å². The number of hydrogen-bond donors (Lipinski definition) is 1. The molecule has 0 aliphatic carbocycles. The average Bonchev–Trinajstić information content (AvgIpc) is 2.41. The van der Waals surface area contributed by atoms with Crippen LogP contribution in [0.2, 0.25) is 0 Å². The lowest BCUT2D eigenvalue weighted by Gasteiger charge is -2.09. The molecule has 0 radical (unpaired) electrons. The van der Waals surface area contributed by atoms with Crippen molar-refractivity contribution in [2.24, 2.45) is 0 Å². The topological polar surface area (TPSA) is 68.1 Å². The normalized spacial score (nSPS) is 10.3. The number of anilines is 1. The van der Waals surface area contributed by atoms with E-state index >= 15 is 0 Å². The molecule has 19 heavy (non-hydrogen) atoms. The fourth-order valence-electron chi connectivity index (χ4n) is 1.94. The van der Waals surface area contributed by atoms with E-state index in [1.165, 1.54) is 6.07 Å². The molecular formula is C14H15N3O2. The molecule has 1 N–H and O–H groups in total. The van der Waals surface area contributed by atoms with Crippen LogP contribution in [0.3, 0.4) is 0 Å². The van der Waals surface area contributed by atoms with E-state index in [4.69, 9.17) is 0 Å². The van der Waals surface area contributed by atoms with Gasteiger partial charge in [-0.15, -0.1) is 0 Å². The highest BCUT2D eigenvalue weighted by Gasteiger charge is 2.19. The fraction of sp³-hybridized carbons (Fsp3) is 0.214. The minimum absolute atomic E-state index is 0.0210. The van der Waals surface area contributed by atoms with E-state index in [0.29, 0.717) is 11.5 Å². The third-order valence-electron chi connectivity index (χ3n) is 3.19. The van der Waals surface area contributed by atoms with Crippen LogP contribution < -0.4 is 5.32 Å². The second-order valence-corrected chi connectivity index (χ2v) is 4.32. The van der Waals surface area contributed by atoms with Crippen LogP contribution in [0.5, 0.6) is 0 Å². The van der Waals surface area contributed by atoms with Crippen molar-refractivity contribution in [2.45, 2.75) is 13.8 Å². The number of rotatable bonds is 3. The van der Waals surface area contributed by atoms with Crippen molar-refractivity contribution in [1.82, 2.24) is 4.98 Å². The van der Waals surface area contributed by atoms with Gasteiger partial charge in [0.05, 0.1) is 4.92 Å². The average molecular weight is 257 g/mol. The van der Waals surface area contributed by atoms with E-state index < -0.39 is 4.92 Å². The maximum atomic E-state index is 11.1. The molecule has 0 fully saturated rings. The number of aromatic nitrogens is 1. The van der Waals surface area contributed by atoms with Crippen LogP contribution in [-0.4, -0.2) is 17.0 Å². The third-order valence-corrected chi connectivity index (χ3v) is 3.19. The molecule has 98 valence electrons. The first-order chi connectivity index (χ1) is 9.04. The van der Waals surface area contributed by atoms with Crippen molar-refractivity contribution in [1.29, 1.82) is 0 Å². The van der Waals surface area contributed by atoms with E-state index in [0.717, 1.165) is 16.7 Å². The van der Waals surface area contributed by atoms with Crippen molar-refractivity contribution in [3.63, 3.8) is 0 Å². The standard InChI is InChI=1S/C14H15N3O2/c1-9-5-4-6-11(10(9)2)14-12(17(18)19)7-8-13(15-3)16-14/h4-8H,1-3H3,(H,15,16). The van der Waals surface area contributed by atoms with Gasteiger partial charge in [-0.05, 0) is 31.0 Å². The Morgan fingerprint density at radius 3 is 2.58 bits per heavy atom. The maximum absolute atomic E-state index is 11.1. The van der Waals surface area contributed by atoms with Crippen molar-refractivity contribution >= 4 is 11.5 Å². The Bertz CT molecular complexity index is 639. The maximum Gasteiger partial charge on any atom is 0.295 e. The first-order valence-electron chi connectivity index (χ1n) is 5.94. The van der Waals surface area contributed by atoms with Gasteiger partial charge in [0, 0.05) is 18.7 Å². The van der Waals surface area contributed by atoms with E-state index in [1.54, 1.807) is 13.1 Å². The number of aryl methyl sites for hydroxylation is 1. The van der Waals surface area contributed by atoms with Crippen LogP contribution in [0.15, 0.2) is 30.3 Å². The van der Waals surface area contributed by atoms with E-state index in [-0.39, 0.29) is 5.69 Å². The number of pyridine rings is 1. The van der Waals surface area contributed by atoms with Crippen molar-refractivity contribution in [2.75, 3.05) is 12.4 Å². The molecule has 1 aromatic carbocycles. The number of hydrogen-bond acceptors (Lipinski definition) is 4. The first kappa shape index (κ1) is 13.0. The second kappa shape index (κ2) is 5.06. The summed E-state index contributed by atoms with van der Waals surface area (Å²) in [6, 6.07) is 8.81. The summed E-state index contributed by atoms with van der Waals surface area (Å²) in [5, 5.41) is 14.0. The van der Waals surface area contributed by atoms with Crippen LogP contribution >= 0.6 is 0 Å². The van der Waals surface area contributed by atoms with Gasteiger partial charge in [-0.1, -0.05) is 18.2 Å². The predicted octanol–water partition coefficient (Wildman–Crippen LogP) is 3.32. The predicted molar refractivity (Wildman–Crippen MR) is 75.3 cm³/mol. The molecule has 0 aliphatic rings. The molecule has 0 unspecified atom stereocenters. The van der Waals surface area contributed by atoms with Crippen LogP contribution in [0.4, 0.5) is 11.5 Å². The zero-order chi connectivity index (χ0) is 14.0. The minimum atomic E-state index is -0.399. The van der Waals surface area contributed by atoms with Crippen molar-refractivity contribution in [3.8, 4) is 11.3 Å². The monoisotopic (exact) mass is 257 g/mol.